The van der Waals surface area contributed by atoms with Crippen LogP contribution in [0.15, 0.2) is 24.8 Å². The van der Waals surface area contributed by atoms with Crippen LogP contribution in [0.1, 0.15) is 24.1 Å². The zero-order chi connectivity index (χ0) is 9.14. The van der Waals surface area contributed by atoms with Gasteiger partial charge in [0.2, 0.25) is 0 Å². The van der Waals surface area contributed by atoms with Crippen molar-refractivity contribution in [3.63, 3.8) is 0 Å². The van der Waals surface area contributed by atoms with Crippen LogP contribution in [-0.2, 0) is 0 Å². The molecule has 1 aromatic rings. The fraction of sp³-hybridized carbons (Fsp3) is 0.200. The second-order valence-electron chi connectivity index (χ2n) is 2.77. The number of rotatable bonds is 2. The Balaban J connectivity index is 3.11. The molecule has 0 saturated heterocycles. The SMILES string of the molecule is C=Cc1ccc(C(C)N)c(F)c1. The third kappa shape index (κ3) is 1.71. The number of hydrogen-bond acceptors (Lipinski definition) is 1. The van der Waals surface area contributed by atoms with Crippen molar-refractivity contribution >= 4 is 6.08 Å². The largest absolute Gasteiger partial charge is 0.324 e. The number of hydrogen-bond donors (Lipinski definition) is 1. The van der Waals surface area contributed by atoms with Crippen LogP contribution in [0, 0.1) is 5.82 Å². The molecule has 0 amide bonds. The molecular weight excluding hydrogens is 153 g/mol. The van der Waals surface area contributed by atoms with Gasteiger partial charge >= 0.3 is 0 Å². The van der Waals surface area contributed by atoms with Crippen molar-refractivity contribution < 1.29 is 4.39 Å². The molecule has 2 N–H and O–H groups in total. The lowest BCUT2D eigenvalue weighted by molar-refractivity contribution is 0.593. The fourth-order valence-corrected chi connectivity index (χ4v) is 1.04. The second-order valence-corrected chi connectivity index (χ2v) is 2.77. The quantitative estimate of drug-likeness (QED) is 0.715. The van der Waals surface area contributed by atoms with Crippen LogP contribution in [0.3, 0.4) is 0 Å². The number of benzene rings is 1. The molecular formula is C10H12FN. The molecule has 0 radical (unpaired) electrons. The van der Waals surface area contributed by atoms with E-state index in [-0.39, 0.29) is 11.9 Å². The smallest absolute Gasteiger partial charge is 0.128 e. The van der Waals surface area contributed by atoms with E-state index in [0.29, 0.717) is 5.56 Å². The predicted octanol–water partition coefficient (Wildman–Crippen LogP) is 2.49. The van der Waals surface area contributed by atoms with E-state index in [1.807, 2.05) is 0 Å². The van der Waals surface area contributed by atoms with Gasteiger partial charge in [-0.2, -0.15) is 0 Å². The Morgan fingerprint density at radius 2 is 2.25 bits per heavy atom. The maximum atomic E-state index is 13.2. The van der Waals surface area contributed by atoms with Gasteiger partial charge in [0.25, 0.3) is 0 Å². The molecule has 0 aliphatic rings. The van der Waals surface area contributed by atoms with Crippen molar-refractivity contribution in [3.8, 4) is 0 Å². The Morgan fingerprint density at radius 3 is 2.67 bits per heavy atom. The van der Waals surface area contributed by atoms with Gasteiger partial charge in [-0.15, -0.1) is 0 Å². The summed E-state index contributed by atoms with van der Waals surface area (Å²) >= 11 is 0. The van der Waals surface area contributed by atoms with Gasteiger partial charge in [0, 0.05) is 11.6 Å². The van der Waals surface area contributed by atoms with Crippen LogP contribution in [0.25, 0.3) is 6.08 Å². The third-order valence-corrected chi connectivity index (χ3v) is 1.75. The van der Waals surface area contributed by atoms with E-state index in [0.717, 1.165) is 5.56 Å². The molecule has 0 saturated carbocycles. The molecule has 64 valence electrons. The topological polar surface area (TPSA) is 26.0 Å². The van der Waals surface area contributed by atoms with Crippen molar-refractivity contribution in [3.05, 3.63) is 41.7 Å². The lowest BCUT2D eigenvalue weighted by atomic mass is 10.1. The summed E-state index contributed by atoms with van der Waals surface area (Å²) in [6.45, 7) is 5.30. The van der Waals surface area contributed by atoms with Crippen molar-refractivity contribution in [2.24, 2.45) is 5.73 Å². The maximum absolute atomic E-state index is 13.2. The summed E-state index contributed by atoms with van der Waals surface area (Å²) in [5.41, 5.74) is 6.86. The van der Waals surface area contributed by atoms with E-state index in [1.165, 1.54) is 6.07 Å². The molecule has 1 aromatic carbocycles. The van der Waals surface area contributed by atoms with Gasteiger partial charge in [-0.1, -0.05) is 24.8 Å². The molecule has 0 aliphatic carbocycles. The summed E-state index contributed by atoms with van der Waals surface area (Å²) in [5.74, 6) is -0.262. The molecule has 0 aliphatic heterocycles. The molecule has 0 spiro atoms. The fourth-order valence-electron chi connectivity index (χ4n) is 1.04. The maximum Gasteiger partial charge on any atom is 0.128 e. The van der Waals surface area contributed by atoms with E-state index in [9.17, 15) is 4.39 Å². The predicted molar refractivity (Wildman–Crippen MR) is 49.1 cm³/mol. The normalized spacial score (nSPS) is 12.6. The molecule has 0 fully saturated rings. The van der Waals surface area contributed by atoms with Gasteiger partial charge in [-0.05, 0) is 18.6 Å². The first-order valence-electron chi connectivity index (χ1n) is 3.82. The Hall–Kier alpha value is -1.15. The van der Waals surface area contributed by atoms with Crippen molar-refractivity contribution in [1.29, 1.82) is 0 Å². The zero-order valence-electron chi connectivity index (χ0n) is 7.05. The summed E-state index contributed by atoms with van der Waals surface area (Å²) in [6, 6.07) is 4.67. The highest BCUT2D eigenvalue weighted by Crippen LogP contribution is 2.16. The summed E-state index contributed by atoms with van der Waals surface area (Å²) < 4.78 is 13.2. The monoisotopic (exact) mass is 165 g/mol. The van der Waals surface area contributed by atoms with Gasteiger partial charge in [0.1, 0.15) is 5.82 Å². The lowest BCUT2D eigenvalue weighted by Crippen LogP contribution is -2.07. The van der Waals surface area contributed by atoms with Crippen LogP contribution in [0.5, 0.6) is 0 Å². The number of nitrogens with two attached hydrogens (primary N) is 1. The van der Waals surface area contributed by atoms with Crippen LogP contribution in [0.4, 0.5) is 4.39 Å². The van der Waals surface area contributed by atoms with Gasteiger partial charge in [-0.3, -0.25) is 0 Å². The molecule has 1 nitrogen and oxygen atoms in total. The molecule has 0 bridgehead atoms. The van der Waals surface area contributed by atoms with Crippen LogP contribution in [-0.4, -0.2) is 0 Å². The molecule has 1 rings (SSSR count). The zero-order valence-corrected chi connectivity index (χ0v) is 7.05. The van der Waals surface area contributed by atoms with E-state index in [2.05, 4.69) is 6.58 Å². The number of halogens is 1. The first-order valence-corrected chi connectivity index (χ1v) is 3.82. The Morgan fingerprint density at radius 1 is 1.58 bits per heavy atom. The lowest BCUT2D eigenvalue weighted by Gasteiger charge is -2.06. The Bertz CT molecular complexity index is 292. The molecule has 2 heteroatoms. The van der Waals surface area contributed by atoms with Crippen molar-refractivity contribution in [2.45, 2.75) is 13.0 Å². The van der Waals surface area contributed by atoms with Crippen LogP contribution < -0.4 is 5.73 Å². The average Bonchev–Trinajstić information content (AvgIpc) is 2.03. The molecule has 0 heterocycles. The van der Waals surface area contributed by atoms with Gasteiger partial charge < -0.3 is 5.73 Å². The van der Waals surface area contributed by atoms with Crippen molar-refractivity contribution in [1.82, 2.24) is 0 Å². The minimum atomic E-state index is -0.262. The highest BCUT2D eigenvalue weighted by Gasteiger charge is 2.05. The Kier molecular flexibility index (Phi) is 2.61. The van der Waals surface area contributed by atoms with E-state index in [1.54, 1.807) is 25.1 Å². The van der Waals surface area contributed by atoms with E-state index in [4.69, 9.17) is 5.73 Å². The van der Waals surface area contributed by atoms with E-state index < -0.39 is 0 Å². The second kappa shape index (κ2) is 3.50. The highest BCUT2D eigenvalue weighted by atomic mass is 19.1. The first kappa shape index (κ1) is 8.94. The van der Waals surface area contributed by atoms with Gasteiger partial charge in [0.15, 0.2) is 0 Å². The Labute approximate surface area is 71.7 Å². The molecule has 1 atom stereocenters. The van der Waals surface area contributed by atoms with Gasteiger partial charge in [-0.25, -0.2) is 4.39 Å². The third-order valence-electron chi connectivity index (χ3n) is 1.75. The molecule has 12 heavy (non-hydrogen) atoms. The molecule has 1 unspecified atom stereocenters. The highest BCUT2D eigenvalue weighted by molar-refractivity contribution is 5.47. The summed E-state index contributed by atoms with van der Waals surface area (Å²) in [5, 5.41) is 0. The minimum absolute atomic E-state index is 0.260. The minimum Gasteiger partial charge on any atom is -0.324 e. The summed E-state index contributed by atoms with van der Waals surface area (Å²) in [7, 11) is 0. The van der Waals surface area contributed by atoms with E-state index >= 15 is 0 Å². The van der Waals surface area contributed by atoms with Crippen LogP contribution >= 0.6 is 0 Å². The first-order chi connectivity index (χ1) is 5.65. The van der Waals surface area contributed by atoms with Crippen LogP contribution in [0.2, 0.25) is 0 Å². The van der Waals surface area contributed by atoms with Crippen molar-refractivity contribution in [2.75, 3.05) is 0 Å². The summed E-state index contributed by atoms with van der Waals surface area (Å²) in [6.07, 6.45) is 1.61. The average molecular weight is 165 g/mol. The van der Waals surface area contributed by atoms with Gasteiger partial charge in [0.05, 0.1) is 0 Å². The summed E-state index contributed by atoms with van der Waals surface area (Å²) in [4.78, 5) is 0. The molecule has 0 aromatic heterocycles. The standard InChI is InChI=1S/C10H12FN/c1-3-8-4-5-9(7(2)12)10(11)6-8/h3-7H,1,12H2,2H3.